The fraction of sp³-hybridized carbons (Fsp3) is 0. The van der Waals surface area contributed by atoms with Crippen LogP contribution >= 0.6 is 23.2 Å². The highest BCUT2D eigenvalue weighted by Gasteiger charge is 2.19. The topological polar surface area (TPSA) is 78.4 Å². The molecule has 0 saturated carbocycles. The second-order valence-electron chi connectivity index (χ2n) is 2.11. The van der Waals surface area contributed by atoms with Crippen molar-refractivity contribution in [2.75, 3.05) is 0 Å². The smallest absolute Gasteiger partial charge is 0.316 e. The Kier molecular flexibility index (Phi) is 2.92. The summed E-state index contributed by atoms with van der Waals surface area (Å²) in [6, 6.07) is 2.41. The van der Waals surface area contributed by atoms with Crippen LogP contribution in [0.2, 0.25) is 10.0 Å². The largest absolute Gasteiger partial charge is 0.403 e. The predicted octanol–water partition coefficient (Wildman–Crippen LogP) is 2.15. The van der Waals surface area contributed by atoms with E-state index in [2.05, 4.69) is 4.84 Å². The van der Waals surface area contributed by atoms with E-state index in [1.807, 2.05) is 0 Å². The number of nitro benzene ring substituents is 1. The molecule has 70 valence electrons. The van der Waals surface area contributed by atoms with E-state index in [0.717, 1.165) is 6.07 Å². The Labute approximate surface area is 83.1 Å². The quantitative estimate of drug-likeness (QED) is 0.615. The Bertz CT molecular complexity index is 356. The fourth-order valence-corrected chi connectivity index (χ4v) is 1.33. The van der Waals surface area contributed by atoms with Crippen LogP contribution in [0.1, 0.15) is 0 Å². The SMILES string of the molecule is NOc1c(Cl)cc(Cl)cc1[N+](=O)[O-]. The summed E-state index contributed by atoms with van der Waals surface area (Å²) in [5, 5.41) is 10.6. The summed E-state index contributed by atoms with van der Waals surface area (Å²) >= 11 is 11.1. The average Bonchev–Trinajstić information content (AvgIpc) is 2.02. The monoisotopic (exact) mass is 222 g/mol. The number of benzene rings is 1. The third-order valence-corrected chi connectivity index (χ3v) is 1.80. The van der Waals surface area contributed by atoms with Gasteiger partial charge in [0.1, 0.15) is 0 Å². The van der Waals surface area contributed by atoms with E-state index in [-0.39, 0.29) is 21.5 Å². The molecule has 0 spiro atoms. The van der Waals surface area contributed by atoms with Crippen molar-refractivity contribution in [1.29, 1.82) is 0 Å². The van der Waals surface area contributed by atoms with Crippen LogP contribution in [0.15, 0.2) is 12.1 Å². The molecule has 0 aliphatic heterocycles. The first kappa shape index (κ1) is 10.0. The third-order valence-electron chi connectivity index (χ3n) is 1.30. The number of hydrogen-bond acceptors (Lipinski definition) is 4. The number of rotatable bonds is 2. The lowest BCUT2D eigenvalue weighted by atomic mass is 10.3. The van der Waals surface area contributed by atoms with E-state index >= 15 is 0 Å². The minimum Gasteiger partial charge on any atom is -0.403 e. The zero-order valence-electron chi connectivity index (χ0n) is 6.16. The summed E-state index contributed by atoms with van der Waals surface area (Å²) in [5.74, 6) is 4.61. The molecule has 0 unspecified atom stereocenters. The first-order valence-corrected chi connectivity index (χ1v) is 3.82. The fourth-order valence-electron chi connectivity index (χ4n) is 0.799. The second kappa shape index (κ2) is 3.78. The average molecular weight is 223 g/mol. The highest BCUT2D eigenvalue weighted by molar-refractivity contribution is 6.36. The lowest BCUT2D eigenvalue weighted by molar-refractivity contribution is -0.385. The summed E-state index contributed by atoms with van der Waals surface area (Å²) < 4.78 is 0. The van der Waals surface area contributed by atoms with E-state index in [0.29, 0.717) is 0 Å². The maximum atomic E-state index is 10.4. The molecule has 0 aromatic heterocycles. The van der Waals surface area contributed by atoms with Crippen LogP contribution in [-0.2, 0) is 0 Å². The van der Waals surface area contributed by atoms with Crippen LogP contribution in [0, 0.1) is 10.1 Å². The molecule has 1 aromatic rings. The molecule has 2 N–H and O–H groups in total. The maximum absolute atomic E-state index is 10.4. The van der Waals surface area contributed by atoms with Crippen molar-refractivity contribution in [3.63, 3.8) is 0 Å². The van der Waals surface area contributed by atoms with Crippen molar-refractivity contribution in [1.82, 2.24) is 0 Å². The van der Waals surface area contributed by atoms with Gasteiger partial charge >= 0.3 is 5.69 Å². The van der Waals surface area contributed by atoms with Gasteiger partial charge in [-0.05, 0) is 6.07 Å². The minimum absolute atomic E-state index is 0.00157. The molecule has 0 saturated heterocycles. The van der Waals surface area contributed by atoms with Crippen LogP contribution in [0.3, 0.4) is 0 Å². The molecule has 7 heteroatoms. The Balaban J connectivity index is 3.38. The number of nitrogens with zero attached hydrogens (tertiary/aromatic N) is 1. The van der Waals surface area contributed by atoms with Gasteiger partial charge in [0.15, 0.2) is 0 Å². The number of hydrogen-bond donors (Lipinski definition) is 1. The van der Waals surface area contributed by atoms with E-state index in [4.69, 9.17) is 29.1 Å². The van der Waals surface area contributed by atoms with E-state index in [9.17, 15) is 10.1 Å². The van der Waals surface area contributed by atoms with E-state index in [1.54, 1.807) is 0 Å². The molecule has 0 bridgehead atoms. The van der Waals surface area contributed by atoms with Gasteiger partial charge in [-0.15, -0.1) is 0 Å². The van der Waals surface area contributed by atoms with Crippen LogP contribution in [0.25, 0.3) is 0 Å². The normalized spacial score (nSPS) is 9.77. The van der Waals surface area contributed by atoms with Crippen LogP contribution in [0.5, 0.6) is 5.75 Å². The molecule has 0 aliphatic rings. The Morgan fingerprint density at radius 1 is 1.46 bits per heavy atom. The molecule has 0 radical (unpaired) electrons. The molecule has 13 heavy (non-hydrogen) atoms. The zero-order chi connectivity index (χ0) is 10.0. The van der Waals surface area contributed by atoms with E-state index < -0.39 is 4.92 Å². The van der Waals surface area contributed by atoms with Gasteiger partial charge in [-0.2, -0.15) is 5.90 Å². The molecule has 1 rings (SSSR count). The number of nitrogens with two attached hydrogens (primary N) is 1. The van der Waals surface area contributed by atoms with E-state index in [1.165, 1.54) is 6.07 Å². The van der Waals surface area contributed by atoms with Crippen molar-refractivity contribution in [3.05, 3.63) is 32.3 Å². The lowest BCUT2D eigenvalue weighted by Gasteiger charge is -2.02. The van der Waals surface area contributed by atoms with Gasteiger partial charge < -0.3 is 4.84 Å². The van der Waals surface area contributed by atoms with Gasteiger partial charge in [0.2, 0.25) is 5.75 Å². The highest BCUT2D eigenvalue weighted by atomic mass is 35.5. The first-order valence-electron chi connectivity index (χ1n) is 3.06. The molecule has 0 atom stereocenters. The van der Waals surface area contributed by atoms with Gasteiger partial charge in [0.05, 0.1) is 9.95 Å². The third kappa shape index (κ3) is 2.00. The highest BCUT2D eigenvalue weighted by Crippen LogP contribution is 2.36. The van der Waals surface area contributed by atoms with Crippen molar-refractivity contribution in [2.24, 2.45) is 5.90 Å². The molecule has 0 aliphatic carbocycles. The van der Waals surface area contributed by atoms with Gasteiger partial charge in [0, 0.05) is 11.1 Å². The summed E-state index contributed by atoms with van der Waals surface area (Å²) in [5.41, 5.74) is -0.361. The van der Waals surface area contributed by atoms with Crippen LogP contribution in [0.4, 0.5) is 5.69 Å². The molecule has 1 aromatic carbocycles. The first-order chi connectivity index (χ1) is 6.06. The lowest BCUT2D eigenvalue weighted by Crippen LogP contribution is -2.05. The molecule has 0 fully saturated rings. The molecule has 5 nitrogen and oxygen atoms in total. The Morgan fingerprint density at radius 3 is 2.54 bits per heavy atom. The standard InChI is InChI=1S/C6H4Cl2N2O3/c7-3-1-4(8)6(13-9)5(2-3)10(11)12/h1-2H,9H2. The Morgan fingerprint density at radius 2 is 2.08 bits per heavy atom. The number of nitro groups is 1. The van der Waals surface area contributed by atoms with Crippen molar-refractivity contribution >= 4 is 28.9 Å². The number of halogens is 2. The van der Waals surface area contributed by atoms with Gasteiger partial charge in [0.25, 0.3) is 0 Å². The van der Waals surface area contributed by atoms with Crippen LogP contribution < -0.4 is 10.7 Å². The zero-order valence-corrected chi connectivity index (χ0v) is 7.67. The van der Waals surface area contributed by atoms with Crippen LogP contribution in [-0.4, -0.2) is 4.92 Å². The van der Waals surface area contributed by atoms with Crippen molar-refractivity contribution < 1.29 is 9.76 Å². The minimum atomic E-state index is -0.681. The molecule has 0 amide bonds. The molecular weight excluding hydrogens is 219 g/mol. The summed E-state index contributed by atoms with van der Waals surface area (Å²) in [4.78, 5) is 14.0. The maximum Gasteiger partial charge on any atom is 0.316 e. The van der Waals surface area contributed by atoms with Crippen molar-refractivity contribution in [3.8, 4) is 5.75 Å². The molecule has 0 heterocycles. The summed E-state index contributed by atoms with van der Waals surface area (Å²) in [7, 11) is 0. The summed E-state index contributed by atoms with van der Waals surface area (Å²) in [6.07, 6.45) is 0. The second-order valence-corrected chi connectivity index (χ2v) is 2.95. The Hall–Kier alpha value is -1.04. The van der Waals surface area contributed by atoms with Gasteiger partial charge in [-0.25, -0.2) is 0 Å². The summed E-state index contributed by atoms with van der Waals surface area (Å²) in [6.45, 7) is 0. The van der Waals surface area contributed by atoms with Crippen molar-refractivity contribution in [2.45, 2.75) is 0 Å². The van der Waals surface area contributed by atoms with Gasteiger partial charge in [-0.3, -0.25) is 10.1 Å². The van der Waals surface area contributed by atoms with Gasteiger partial charge in [-0.1, -0.05) is 23.2 Å². The molecular formula is C6H4Cl2N2O3. The predicted molar refractivity (Wildman–Crippen MR) is 47.9 cm³/mol.